The maximum atomic E-state index is 4.31. The second kappa shape index (κ2) is 6.48. The van der Waals surface area contributed by atoms with Gasteiger partial charge in [0.15, 0.2) is 0 Å². The average Bonchev–Trinajstić information content (AvgIpc) is 2.29. The molecule has 3 nitrogen and oxygen atoms in total. The number of pyridine rings is 1. The molecule has 90 valence electrons. The van der Waals surface area contributed by atoms with Crippen LogP contribution in [0.25, 0.3) is 0 Å². The van der Waals surface area contributed by atoms with Gasteiger partial charge in [-0.1, -0.05) is 26.3 Å². The van der Waals surface area contributed by atoms with E-state index in [4.69, 9.17) is 0 Å². The van der Waals surface area contributed by atoms with E-state index in [1.807, 2.05) is 19.3 Å². The molecule has 1 aromatic heterocycles. The van der Waals surface area contributed by atoms with Crippen molar-refractivity contribution < 1.29 is 0 Å². The highest BCUT2D eigenvalue weighted by Crippen LogP contribution is 2.14. The fraction of sp³-hybridized carbons (Fsp3) is 0.615. The molecule has 0 aliphatic carbocycles. The molecule has 0 aliphatic rings. The SMILES string of the molecule is CCC(C)CN(C)Cc1cccnc1NC. The second-order valence-electron chi connectivity index (χ2n) is 4.47. The first-order valence-electron chi connectivity index (χ1n) is 5.97. The van der Waals surface area contributed by atoms with Crippen LogP contribution in [0, 0.1) is 5.92 Å². The Morgan fingerprint density at radius 2 is 2.25 bits per heavy atom. The van der Waals surface area contributed by atoms with Gasteiger partial charge in [-0.05, 0) is 19.0 Å². The van der Waals surface area contributed by atoms with Crippen molar-refractivity contribution in [2.24, 2.45) is 5.92 Å². The summed E-state index contributed by atoms with van der Waals surface area (Å²) >= 11 is 0. The lowest BCUT2D eigenvalue weighted by Crippen LogP contribution is -2.24. The molecule has 16 heavy (non-hydrogen) atoms. The molecular weight excluding hydrogens is 198 g/mol. The molecule has 0 saturated carbocycles. The van der Waals surface area contributed by atoms with Gasteiger partial charge in [0, 0.05) is 31.9 Å². The van der Waals surface area contributed by atoms with Crippen LogP contribution in [0.1, 0.15) is 25.8 Å². The lowest BCUT2D eigenvalue weighted by atomic mass is 10.1. The maximum absolute atomic E-state index is 4.31. The Hall–Kier alpha value is -1.09. The Morgan fingerprint density at radius 1 is 1.50 bits per heavy atom. The van der Waals surface area contributed by atoms with Crippen molar-refractivity contribution in [3.63, 3.8) is 0 Å². The summed E-state index contributed by atoms with van der Waals surface area (Å²) in [6.07, 6.45) is 3.06. The van der Waals surface area contributed by atoms with Crippen LogP contribution in [0.4, 0.5) is 5.82 Å². The summed E-state index contributed by atoms with van der Waals surface area (Å²) in [5.41, 5.74) is 1.26. The van der Waals surface area contributed by atoms with E-state index >= 15 is 0 Å². The summed E-state index contributed by atoms with van der Waals surface area (Å²) in [5, 5.41) is 3.13. The number of nitrogens with zero attached hydrogens (tertiary/aromatic N) is 2. The van der Waals surface area contributed by atoms with Crippen LogP contribution in [-0.4, -0.2) is 30.5 Å². The van der Waals surface area contributed by atoms with E-state index in [1.165, 1.54) is 12.0 Å². The largest absolute Gasteiger partial charge is 0.373 e. The minimum Gasteiger partial charge on any atom is -0.373 e. The van der Waals surface area contributed by atoms with Crippen molar-refractivity contribution >= 4 is 5.82 Å². The fourth-order valence-corrected chi connectivity index (χ4v) is 1.81. The molecule has 0 amide bonds. The normalized spacial score (nSPS) is 12.8. The molecule has 1 aromatic rings. The highest BCUT2D eigenvalue weighted by Gasteiger charge is 2.07. The molecule has 0 saturated heterocycles. The number of rotatable bonds is 6. The van der Waals surface area contributed by atoms with Gasteiger partial charge in [0.25, 0.3) is 0 Å². The van der Waals surface area contributed by atoms with Crippen molar-refractivity contribution in [3.8, 4) is 0 Å². The smallest absolute Gasteiger partial charge is 0.130 e. The molecule has 1 N–H and O–H groups in total. The summed E-state index contributed by atoms with van der Waals surface area (Å²) in [6, 6.07) is 4.12. The maximum Gasteiger partial charge on any atom is 0.130 e. The monoisotopic (exact) mass is 221 g/mol. The Bertz CT molecular complexity index is 312. The van der Waals surface area contributed by atoms with E-state index < -0.39 is 0 Å². The van der Waals surface area contributed by atoms with Crippen molar-refractivity contribution in [1.82, 2.24) is 9.88 Å². The molecular formula is C13H23N3. The zero-order valence-electron chi connectivity index (χ0n) is 10.8. The van der Waals surface area contributed by atoms with Gasteiger partial charge in [0.1, 0.15) is 5.82 Å². The van der Waals surface area contributed by atoms with Crippen LogP contribution in [0.15, 0.2) is 18.3 Å². The molecule has 0 aromatic carbocycles. The lowest BCUT2D eigenvalue weighted by Gasteiger charge is -2.21. The van der Waals surface area contributed by atoms with Gasteiger partial charge in [-0.2, -0.15) is 0 Å². The van der Waals surface area contributed by atoms with E-state index in [1.54, 1.807) is 0 Å². The van der Waals surface area contributed by atoms with Crippen molar-refractivity contribution in [2.75, 3.05) is 26.0 Å². The van der Waals surface area contributed by atoms with Crippen molar-refractivity contribution in [2.45, 2.75) is 26.8 Å². The van der Waals surface area contributed by atoms with Crippen LogP contribution < -0.4 is 5.32 Å². The van der Waals surface area contributed by atoms with Gasteiger partial charge < -0.3 is 10.2 Å². The molecule has 0 bridgehead atoms. The predicted octanol–water partition coefficient (Wildman–Crippen LogP) is 2.60. The summed E-state index contributed by atoms with van der Waals surface area (Å²) in [5.74, 6) is 1.73. The van der Waals surface area contributed by atoms with E-state index in [0.29, 0.717) is 0 Å². The summed E-state index contributed by atoms with van der Waals surface area (Å²) in [4.78, 5) is 6.66. The molecule has 1 atom stereocenters. The molecule has 0 fully saturated rings. The van der Waals surface area contributed by atoms with Gasteiger partial charge in [0.2, 0.25) is 0 Å². The number of anilines is 1. The van der Waals surface area contributed by atoms with Crippen molar-refractivity contribution in [1.29, 1.82) is 0 Å². The van der Waals surface area contributed by atoms with Gasteiger partial charge in [-0.3, -0.25) is 0 Å². The number of aromatic nitrogens is 1. The highest BCUT2D eigenvalue weighted by atomic mass is 15.1. The standard InChI is InChI=1S/C13H23N3/c1-5-11(2)9-16(4)10-12-7-6-8-15-13(12)14-3/h6-8,11H,5,9-10H2,1-4H3,(H,14,15). The van der Waals surface area contributed by atoms with Crippen LogP contribution in [0.3, 0.4) is 0 Å². The predicted molar refractivity (Wildman–Crippen MR) is 69.6 cm³/mol. The Labute approximate surface area is 98.9 Å². The van der Waals surface area contributed by atoms with E-state index in [2.05, 4.69) is 42.2 Å². The zero-order chi connectivity index (χ0) is 12.0. The molecule has 0 aliphatic heterocycles. The number of hydrogen-bond donors (Lipinski definition) is 1. The molecule has 1 heterocycles. The minimum absolute atomic E-state index is 0.750. The average molecular weight is 221 g/mol. The van der Waals surface area contributed by atoms with Gasteiger partial charge in [-0.25, -0.2) is 4.98 Å². The first-order valence-corrected chi connectivity index (χ1v) is 5.97. The zero-order valence-corrected chi connectivity index (χ0v) is 10.8. The summed E-state index contributed by atoms with van der Waals surface area (Å²) < 4.78 is 0. The quantitative estimate of drug-likeness (QED) is 0.800. The van der Waals surface area contributed by atoms with Crippen molar-refractivity contribution in [3.05, 3.63) is 23.9 Å². The van der Waals surface area contributed by atoms with E-state index in [-0.39, 0.29) is 0 Å². The van der Waals surface area contributed by atoms with E-state index in [9.17, 15) is 0 Å². The van der Waals surface area contributed by atoms with Gasteiger partial charge >= 0.3 is 0 Å². The highest BCUT2D eigenvalue weighted by molar-refractivity contribution is 5.42. The Kier molecular flexibility index (Phi) is 5.26. The number of nitrogens with one attached hydrogen (secondary N) is 1. The minimum atomic E-state index is 0.750. The third-order valence-corrected chi connectivity index (χ3v) is 2.89. The second-order valence-corrected chi connectivity index (χ2v) is 4.47. The molecule has 0 spiro atoms. The van der Waals surface area contributed by atoms with Gasteiger partial charge in [0.05, 0.1) is 0 Å². The molecule has 1 rings (SSSR count). The molecule has 3 heteroatoms. The Morgan fingerprint density at radius 3 is 2.88 bits per heavy atom. The van der Waals surface area contributed by atoms with Gasteiger partial charge in [-0.15, -0.1) is 0 Å². The number of hydrogen-bond acceptors (Lipinski definition) is 3. The third kappa shape index (κ3) is 3.81. The molecule has 0 radical (unpaired) electrons. The van der Waals surface area contributed by atoms with Crippen LogP contribution in [0.5, 0.6) is 0 Å². The van der Waals surface area contributed by atoms with Crippen LogP contribution >= 0.6 is 0 Å². The summed E-state index contributed by atoms with van der Waals surface area (Å²) in [6.45, 7) is 6.61. The lowest BCUT2D eigenvalue weighted by molar-refractivity contribution is 0.275. The topological polar surface area (TPSA) is 28.2 Å². The van der Waals surface area contributed by atoms with Crippen LogP contribution in [0.2, 0.25) is 0 Å². The van der Waals surface area contributed by atoms with E-state index in [0.717, 1.165) is 24.8 Å². The first-order chi connectivity index (χ1) is 7.67. The Balaban J connectivity index is 2.58. The third-order valence-electron chi connectivity index (χ3n) is 2.89. The first kappa shape index (κ1) is 13.0. The van der Waals surface area contributed by atoms with Crippen LogP contribution in [-0.2, 0) is 6.54 Å². The fourth-order valence-electron chi connectivity index (χ4n) is 1.81. The summed E-state index contributed by atoms with van der Waals surface area (Å²) in [7, 11) is 4.08. The molecule has 1 unspecified atom stereocenters.